The number of halogens is 3. The Labute approximate surface area is 93.5 Å². The van der Waals surface area contributed by atoms with Crippen molar-refractivity contribution in [1.82, 2.24) is 0 Å². The summed E-state index contributed by atoms with van der Waals surface area (Å²) >= 11 is 16.7. The third-order valence-corrected chi connectivity index (χ3v) is 2.73. The first-order valence-electron chi connectivity index (χ1n) is 3.26. The average molecular weight is 254 g/mol. The molecule has 0 amide bonds. The molecule has 0 saturated carbocycles. The van der Waals surface area contributed by atoms with Crippen LogP contribution in [0.25, 0.3) is 0 Å². The number of carbonyl (C=O) groups excluding carboxylic acids is 1. The fourth-order valence-electron chi connectivity index (χ4n) is 0.879. The summed E-state index contributed by atoms with van der Waals surface area (Å²) in [7, 11) is 0. The van der Waals surface area contributed by atoms with Gasteiger partial charge in [-0.15, -0.1) is 0 Å². The van der Waals surface area contributed by atoms with Crippen LogP contribution in [0.15, 0.2) is 6.07 Å². The molecule has 0 aliphatic carbocycles. The fourth-order valence-corrected chi connectivity index (χ4v) is 1.56. The molecule has 0 radical (unpaired) electrons. The first-order valence-corrected chi connectivity index (χ1v) is 4.39. The van der Waals surface area contributed by atoms with E-state index in [1.165, 1.54) is 0 Å². The lowest BCUT2D eigenvalue weighted by molar-refractivity contribution is -0.384. The number of hydrogen-bond acceptors (Lipinski definition) is 3. The molecular weight excluding hydrogens is 252 g/mol. The second kappa shape index (κ2) is 4.13. The Morgan fingerprint density at radius 2 is 1.86 bits per heavy atom. The zero-order chi connectivity index (χ0) is 10.9. The summed E-state index contributed by atoms with van der Waals surface area (Å²) in [5, 5.41) is 10.1. The molecule has 14 heavy (non-hydrogen) atoms. The van der Waals surface area contributed by atoms with E-state index >= 15 is 0 Å². The predicted molar refractivity (Wildman–Crippen MR) is 53.5 cm³/mol. The van der Waals surface area contributed by atoms with Crippen molar-refractivity contribution in [2.24, 2.45) is 0 Å². The van der Waals surface area contributed by atoms with Crippen LogP contribution in [0.2, 0.25) is 15.1 Å². The topological polar surface area (TPSA) is 60.2 Å². The van der Waals surface area contributed by atoms with Crippen LogP contribution in [0.4, 0.5) is 5.69 Å². The van der Waals surface area contributed by atoms with E-state index in [2.05, 4.69) is 0 Å². The van der Waals surface area contributed by atoms with Gasteiger partial charge in [0.15, 0.2) is 6.29 Å². The molecule has 1 aromatic rings. The number of nitrogens with zero attached hydrogens (tertiary/aromatic N) is 1. The highest BCUT2D eigenvalue weighted by atomic mass is 35.5. The Hall–Kier alpha value is -0.840. The summed E-state index contributed by atoms with van der Waals surface area (Å²) in [6.45, 7) is 0. The highest BCUT2D eigenvalue weighted by Gasteiger charge is 2.23. The van der Waals surface area contributed by atoms with Crippen molar-refractivity contribution < 1.29 is 9.72 Å². The maximum Gasteiger partial charge on any atom is 0.299 e. The third-order valence-electron chi connectivity index (χ3n) is 1.48. The summed E-state index contributed by atoms with van der Waals surface area (Å²) in [6.07, 6.45) is 0.298. The normalized spacial score (nSPS) is 9.93. The first kappa shape index (κ1) is 11.2. The Morgan fingerprint density at radius 1 is 1.29 bits per heavy atom. The number of rotatable bonds is 2. The van der Waals surface area contributed by atoms with Crippen molar-refractivity contribution in [2.45, 2.75) is 0 Å². The van der Waals surface area contributed by atoms with E-state index in [0.29, 0.717) is 6.29 Å². The maximum absolute atomic E-state index is 10.5. The molecule has 0 fully saturated rings. The van der Waals surface area contributed by atoms with Gasteiger partial charge in [-0.2, -0.15) is 0 Å². The Morgan fingerprint density at radius 3 is 2.29 bits per heavy atom. The monoisotopic (exact) mass is 253 g/mol. The van der Waals surface area contributed by atoms with Gasteiger partial charge in [0.05, 0.1) is 20.5 Å². The van der Waals surface area contributed by atoms with E-state index in [4.69, 9.17) is 34.8 Å². The largest absolute Gasteiger partial charge is 0.299 e. The van der Waals surface area contributed by atoms with E-state index in [9.17, 15) is 14.9 Å². The van der Waals surface area contributed by atoms with Gasteiger partial charge in [0.2, 0.25) is 0 Å². The third kappa shape index (κ3) is 1.82. The number of aldehydes is 1. The summed E-state index contributed by atoms with van der Waals surface area (Å²) in [6, 6.07) is 1.10. The predicted octanol–water partition coefficient (Wildman–Crippen LogP) is 3.37. The van der Waals surface area contributed by atoms with Crippen LogP contribution in [0.3, 0.4) is 0 Å². The Kier molecular flexibility index (Phi) is 3.31. The lowest BCUT2D eigenvalue weighted by Gasteiger charge is -2.02. The lowest BCUT2D eigenvalue weighted by atomic mass is 10.2. The van der Waals surface area contributed by atoms with E-state index < -0.39 is 10.6 Å². The fraction of sp³-hybridized carbons (Fsp3) is 0. The molecule has 1 aromatic carbocycles. The number of benzene rings is 1. The van der Waals surface area contributed by atoms with Crippen molar-refractivity contribution in [3.05, 3.63) is 36.8 Å². The van der Waals surface area contributed by atoms with Crippen LogP contribution < -0.4 is 0 Å². The molecule has 0 aliphatic heterocycles. The lowest BCUT2D eigenvalue weighted by Crippen LogP contribution is -1.96. The average Bonchev–Trinajstić information content (AvgIpc) is 2.12. The van der Waals surface area contributed by atoms with Gasteiger partial charge in [0.1, 0.15) is 5.02 Å². The van der Waals surface area contributed by atoms with Crippen LogP contribution in [-0.4, -0.2) is 11.2 Å². The van der Waals surface area contributed by atoms with Crippen LogP contribution in [0.1, 0.15) is 10.4 Å². The van der Waals surface area contributed by atoms with Gasteiger partial charge < -0.3 is 0 Å². The second-order valence-corrected chi connectivity index (χ2v) is 3.46. The standard InChI is InChI=1S/C7H2Cl3NO3/c8-4-1-3(2-12)7(11(13)14)6(10)5(4)9/h1-2H. The van der Waals surface area contributed by atoms with Crippen molar-refractivity contribution in [1.29, 1.82) is 0 Å². The molecule has 0 saturated heterocycles. The summed E-state index contributed by atoms with van der Waals surface area (Å²) in [5.41, 5.74) is -0.731. The number of hydrogen-bond donors (Lipinski definition) is 0. The molecule has 0 heterocycles. The Bertz CT molecular complexity index is 419. The molecule has 0 aliphatic rings. The minimum absolute atomic E-state index is 0.00404. The highest BCUT2D eigenvalue weighted by Crippen LogP contribution is 2.39. The molecule has 0 bridgehead atoms. The molecule has 0 spiro atoms. The molecule has 0 aromatic heterocycles. The molecule has 0 unspecified atom stereocenters. The molecular formula is C7H2Cl3NO3. The molecule has 0 atom stereocenters. The van der Waals surface area contributed by atoms with Crippen molar-refractivity contribution in [3.63, 3.8) is 0 Å². The van der Waals surface area contributed by atoms with Gasteiger partial charge >= 0.3 is 0 Å². The summed E-state index contributed by atoms with van der Waals surface area (Å²) in [4.78, 5) is 20.2. The van der Waals surface area contributed by atoms with Gasteiger partial charge in [-0.1, -0.05) is 34.8 Å². The van der Waals surface area contributed by atoms with Crippen molar-refractivity contribution >= 4 is 46.8 Å². The molecule has 7 heteroatoms. The second-order valence-electron chi connectivity index (χ2n) is 2.30. The SMILES string of the molecule is O=Cc1cc(Cl)c(Cl)c(Cl)c1[N+](=O)[O-]. The minimum Gasteiger partial charge on any atom is -0.298 e. The van der Waals surface area contributed by atoms with Crippen LogP contribution in [0.5, 0.6) is 0 Å². The zero-order valence-electron chi connectivity index (χ0n) is 6.46. The highest BCUT2D eigenvalue weighted by molar-refractivity contribution is 6.49. The number of carbonyl (C=O) groups is 1. The van der Waals surface area contributed by atoms with Crippen LogP contribution in [-0.2, 0) is 0 Å². The zero-order valence-corrected chi connectivity index (χ0v) is 8.73. The summed E-state index contributed by atoms with van der Waals surface area (Å²) in [5.74, 6) is 0. The van der Waals surface area contributed by atoms with Gasteiger partial charge in [0, 0.05) is 0 Å². The number of nitro benzene ring substituents is 1. The van der Waals surface area contributed by atoms with E-state index in [0.717, 1.165) is 6.07 Å². The molecule has 1 rings (SSSR count). The van der Waals surface area contributed by atoms with Crippen molar-refractivity contribution in [2.75, 3.05) is 0 Å². The first-order chi connectivity index (χ1) is 6.49. The van der Waals surface area contributed by atoms with E-state index in [-0.39, 0.29) is 20.6 Å². The maximum atomic E-state index is 10.5. The van der Waals surface area contributed by atoms with Crippen molar-refractivity contribution in [3.8, 4) is 0 Å². The quantitative estimate of drug-likeness (QED) is 0.352. The minimum atomic E-state index is -0.783. The van der Waals surface area contributed by atoms with Gasteiger partial charge in [-0.3, -0.25) is 14.9 Å². The molecule has 74 valence electrons. The van der Waals surface area contributed by atoms with Gasteiger partial charge in [0.25, 0.3) is 5.69 Å². The smallest absolute Gasteiger partial charge is 0.298 e. The van der Waals surface area contributed by atoms with Crippen LogP contribution in [0, 0.1) is 10.1 Å². The van der Waals surface area contributed by atoms with Crippen LogP contribution >= 0.6 is 34.8 Å². The summed E-state index contributed by atoms with van der Waals surface area (Å²) < 4.78 is 0. The number of nitro groups is 1. The van der Waals surface area contributed by atoms with E-state index in [1.54, 1.807) is 0 Å². The van der Waals surface area contributed by atoms with Gasteiger partial charge in [-0.25, -0.2) is 0 Å². The van der Waals surface area contributed by atoms with E-state index in [1.807, 2.05) is 0 Å². The Balaban J connectivity index is 3.61. The van der Waals surface area contributed by atoms with Gasteiger partial charge in [-0.05, 0) is 6.07 Å². The molecule has 0 N–H and O–H groups in total. The molecule has 4 nitrogen and oxygen atoms in total.